The summed E-state index contributed by atoms with van der Waals surface area (Å²) in [5, 5.41) is 18.1. The van der Waals surface area contributed by atoms with Crippen LogP contribution in [0.15, 0.2) is 0 Å². The Hall–Kier alpha value is 0.702. The molecule has 9 heteroatoms. The molecular formula is C20H32N4PbS4+2. The van der Waals surface area contributed by atoms with Gasteiger partial charge in [0.1, 0.15) is 0 Å². The number of hydrogen-bond acceptors (Lipinski definition) is 4. The molecule has 0 heterocycles. The van der Waals surface area contributed by atoms with Crippen molar-refractivity contribution in [3.63, 3.8) is 0 Å². The minimum atomic E-state index is -1.08. The third kappa shape index (κ3) is 9.38. The van der Waals surface area contributed by atoms with E-state index in [4.69, 9.17) is 35.0 Å². The van der Waals surface area contributed by atoms with Gasteiger partial charge in [-0.15, -0.1) is 0 Å². The van der Waals surface area contributed by atoms with Gasteiger partial charge in [-0.05, 0) is 0 Å². The quantitative estimate of drug-likeness (QED) is 0.171. The molecule has 0 aliphatic heterocycles. The molecule has 2 rings (SSSR count). The number of rotatable bonds is 8. The maximum absolute atomic E-state index is 9.05. The minimum absolute atomic E-state index is 0.555. The first kappa shape index (κ1) is 26.0. The molecule has 0 aromatic heterocycles. The third-order valence-electron chi connectivity index (χ3n) is 5.72. The molecular weight excluding hydrogens is 632 g/mol. The zero-order valence-electron chi connectivity index (χ0n) is 17.1. The van der Waals surface area contributed by atoms with Crippen LogP contribution < -0.4 is 0 Å². The summed E-state index contributed by atoms with van der Waals surface area (Å²) in [5.74, 6) is 0. The molecule has 2 aliphatic rings. The normalized spacial score (nSPS) is 18.5. The number of nitriles is 2. The second-order valence-electron chi connectivity index (χ2n) is 7.64. The first-order chi connectivity index (χ1) is 14.2. The Bertz CT molecular complexity index is 555. The van der Waals surface area contributed by atoms with E-state index in [-0.39, 0.29) is 0 Å². The van der Waals surface area contributed by atoms with Crippen molar-refractivity contribution in [2.45, 2.75) is 89.1 Å². The summed E-state index contributed by atoms with van der Waals surface area (Å²) >= 11 is 8.64. The summed E-state index contributed by atoms with van der Waals surface area (Å²) < 4.78 is 2.23. The van der Waals surface area contributed by atoms with E-state index in [1.165, 1.54) is 64.2 Å². The second kappa shape index (κ2) is 15.5. The monoisotopic (exact) mass is 664 g/mol. The van der Waals surface area contributed by atoms with Crippen molar-refractivity contribution in [3.8, 4) is 12.1 Å². The molecule has 0 bridgehead atoms. The van der Waals surface area contributed by atoms with E-state index in [0.29, 0.717) is 24.9 Å². The first-order valence-electron chi connectivity index (χ1n) is 10.6. The second-order valence-corrected chi connectivity index (χ2v) is 21.5. The molecule has 0 aromatic rings. The van der Waals surface area contributed by atoms with Gasteiger partial charge in [0.15, 0.2) is 0 Å². The van der Waals surface area contributed by atoms with Crippen LogP contribution in [0.3, 0.4) is 0 Å². The van der Waals surface area contributed by atoms with E-state index in [1.807, 2.05) is 16.6 Å². The van der Waals surface area contributed by atoms with Crippen LogP contribution in [-0.2, 0) is 24.4 Å². The summed E-state index contributed by atoms with van der Waals surface area (Å²) in [6.07, 6.45) is 13.9. The van der Waals surface area contributed by atoms with E-state index in [2.05, 4.69) is 21.9 Å². The van der Waals surface area contributed by atoms with Crippen LogP contribution in [0, 0.1) is 22.7 Å². The average Bonchev–Trinajstić information content (AvgIpc) is 2.76. The molecule has 2 saturated carbocycles. The fourth-order valence-electron chi connectivity index (χ4n) is 4.21. The molecule has 0 saturated heterocycles. The average molecular weight is 664 g/mol. The van der Waals surface area contributed by atoms with Gasteiger partial charge in [0.25, 0.3) is 0 Å². The number of hydrogen-bond donors (Lipinski definition) is 0. The molecule has 2 aliphatic carbocycles. The van der Waals surface area contributed by atoms with Crippen molar-refractivity contribution in [3.05, 3.63) is 0 Å². The van der Waals surface area contributed by atoms with Gasteiger partial charge in [-0.2, -0.15) is 0 Å². The van der Waals surface area contributed by atoms with E-state index in [9.17, 15) is 0 Å². The predicted octanol–water partition coefficient (Wildman–Crippen LogP) is 3.82. The fraction of sp³-hybridized carbons (Fsp3) is 0.800. The standard InChI is InChI=1S/2C10H16N2S2.Pb/c2*11-7-4-8-12(10(13)14)9-5-2-1-3-6-9;/h2*9H,1-6,8H2,(H,13,14);/q;;+2. The van der Waals surface area contributed by atoms with Crippen LogP contribution in [0.5, 0.6) is 0 Å². The van der Waals surface area contributed by atoms with Gasteiger partial charge in [-0.25, -0.2) is 0 Å². The van der Waals surface area contributed by atoms with Crippen LogP contribution in [-0.4, -0.2) is 64.8 Å². The van der Waals surface area contributed by atoms with Crippen molar-refractivity contribution in [1.29, 1.82) is 10.5 Å². The Morgan fingerprint density at radius 2 is 1.14 bits per heavy atom. The van der Waals surface area contributed by atoms with Crippen LogP contribution in [0.25, 0.3) is 0 Å². The Labute approximate surface area is 204 Å². The van der Waals surface area contributed by atoms with Gasteiger partial charge in [0.05, 0.1) is 0 Å². The van der Waals surface area contributed by atoms with Gasteiger partial charge in [0, 0.05) is 0 Å². The summed E-state index contributed by atoms with van der Waals surface area (Å²) in [7, 11) is 3.88. The molecule has 0 N–H and O–H groups in total. The van der Waals surface area contributed by atoms with E-state index in [1.54, 1.807) is 0 Å². The molecule has 158 valence electrons. The molecule has 2 fully saturated rings. The molecule has 29 heavy (non-hydrogen) atoms. The van der Waals surface area contributed by atoms with Crippen molar-refractivity contribution in [1.82, 2.24) is 9.80 Å². The van der Waals surface area contributed by atoms with E-state index in [0.717, 1.165) is 21.7 Å². The van der Waals surface area contributed by atoms with Crippen molar-refractivity contribution in [2.24, 2.45) is 0 Å². The molecule has 4 nitrogen and oxygen atoms in total. The van der Waals surface area contributed by atoms with E-state index < -0.39 is 21.2 Å². The number of nitrogens with zero attached hydrogens (tertiary/aromatic N) is 4. The molecule has 0 amide bonds. The van der Waals surface area contributed by atoms with Gasteiger partial charge >= 0.3 is 206 Å². The molecule has 0 spiro atoms. The topological polar surface area (TPSA) is 54.1 Å². The van der Waals surface area contributed by atoms with Crippen molar-refractivity contribution in [2.75, 3.05) is 13.1 Å². The van der Waals surface area contributed by atoms with E-state index >= 15 is 0 Å². The first-order valence-corrected chi connectivity index (χ1v) is 22.7. The molecule has 0 atom stereocenters. The maximum atomic E-state index is 9.05. The van der Waals surface area contributed by atoms with Gasteiger partial charge in [-0.3, -0.25) is 0 Å². The Kier molecular flexibility index (Phi) is 13.9. The Morgan fingerprint density at radius 1 is 0.759 bits per heavy atom. The Morgan fingerprint density at radius 3 is 1.48 bits per heavy atom. The summed E-state index contributed by atoms with van der Waals surface area (Å²) in [6.45, 7) is 1.60. The molecule has 0 aromatic carbocycles. The van der Waals surface area contributed by atoms with Gasteiger partial charge in [-0.1, -0.05) is 0 Å². The summed E-state index contributed by atoms with van der Waals surface area (Å²) in [6, 6.07) is 5.71. The van der Waals surface area contributed by atoms with Gasteiger partial charge in [0.2, 0.25) is 0 Å². The third-order valence-corrected chi connectivity index (χ3v) is 22.6. The molecule has 2 radical (unpaired) electrons. The van der Waals surface area contributed by atoms with Crippen LogP contribution in [0.4, 0.5) is 0 Å². The summed E-state index contributed by atoms with van der Waals surface area (Å²) in [5.41, 5.74) is 0. The molecule has 0 unspecified atom stereocenters. The SMILES string of the molecule is N#CCCN(C(=[SH+])[S][Pb][S]C(=[SH+])N(CCC#N)C1CCCCC1)C1CCCCC1. The van der Waals surface area contributed by atoms with Crippen LogP contribution in [0.2, 0.25) is 0 Å². The zero-order chi connectivity index (χ0) is 20.9. The predicted molar refractivity (Wildman–Crippen MR) is 136 cm³/mol. The van der Waals surface area contributed by atoms with Crippen LogP contribution in [0.1, 0.15) is 77.0 Å². The van der Waals surface area contributed by atoms with Crippen LogP contribution >= 0.6 is 16.6 Å². The van der Waals surface area contributed by atoms with Crippen molar-refractivity contribution >= 4 is 70.9 Å². The number of thiol groups is 2. The Balaban J connectivity index is 1.85. The van der Waals surface area contributed by atoms with Gasteiger partial charge < -0.3 is 0 Å². The summed E-state index contributed by atoms with van der Waals surface area (Å²) in [4.78, 5) is 4.80. The van der Waals surface area contributed by atoms with Crippen molar-refractivity contribution < 1.29 is 0 Å². The fourth-order valence-corrected chi connectivity index (χ4v) is 21.5. The zero-order valence-corrected chi connectivity index (χ0v) is 24.4.